The molecule has 3 aliphatic rings. The van der Waals surface area contributed by atoms with Crippen molar-refractivity contribution in [2.75, 3.05) is 32.2 Å². The van der Waals surface area contributed by atoms with E-state index in [1.165, 1.54) is 11.7 Å². The van der Waals surface area contributed by atoms with Crippen LogP contribution in [0.15, 0.2) is 46.3 Å². The topological polar surface area (TPSA) is 144 Å². The zero-order chi connectivity index (χ0) is 42.0. The van der Waals surface area contributed by atoms with Gasteiger partial charge in [0.2, 0.25) is 16.7 Å². The second-order valence-electron chi connectivity index (χ2n) is 13.6. The third-order valence-electron chi connectivity index (χ3n) is 9.71. The van der Waals surface area contributed by atoms with Gasteiger partial charge in [-0.25, -0.2) is 44.4 Å². The SMILES string of the molecule is C=C1CN(c2c(F)cc3c(=O)c(C(=O)OB(F)F)cn([C@@H]4C[C@@H]4F)c3c2OC)C[C@@]1(C)N.COc1c(F)c(F)cc2c(=O)c(C(=O)OB(F)F)cn([C@@H]3C[C@@H]3F)c12. The maximum Gasteiger partial charge on any atom is 0.798 e. The fourth-order valence-electron chi connectivity index (χ4n) is 6.66. The summed E-state index contributed by atoms with van der Waals surface area (Å²) in [5.41, 5.74) is 2.05. The molecule has 2 saturated carbocycles. The first kappa shape index (κ1) is 41.0. The highest BCUT2D eigenvalue weighted by atomic mass is 19.2. The Morgan fingerprint density at radius 2 is 1.23 bits per heavy atom. The predicted octanol–water partition coefficient (Wildman–Crippen LogP) is 5.26. The van der Waals surface area contributed by atoms with Crippen LogP contribution in [-0.2, 0) is 9.31 Å². The van der Waals surface area contributed by atoms with Crippen molar-refractivity contribution in [3.05, 3.63) is 85.7 Å². The molecule has 1 saturated heterocycles. The van der Waals surface area contributed by atoms with Crippen LogP contribution in [0.25, 0.3) is 21.8 Å². The van der Waals surface area contributed by atoms with Crippen molar-refractivity contribution in [1.29, 1.82) is 0 Å². The monoisotopic (exact) mass is 814 g/mol. The van der Waals surface area contributed by atoms with E-state index in [2.05, 4.69) is 15.9 Å². The van der Waals surface area contributed by atoms with E-state index in [0.717, 1.165) is 30.1 Å². The van der Waals surface area contributed by atoms with Crippen molar-refractivity contribution in [1.82, 2.24) is 9.13 Å². The Morgan fingerprint density at radius 3 is 1.60 bits per heavy atom. The summed E-state index contributed by atoms with van der Waals surface area (Å²) in [6, 6.07) is -0.270. The van der Waals surface area contributed by atoms with E-state index in [1.54, 1.807) is 11.8 Å². The van der Waals surface area contributed by atoms with Crippen molar-refractivity contribution in [2.45, 2.75) is 49.7 Å². The van der Waals surface area contributed by atoms with Crippen molar-refractivity contribution < 1.29 is 67.6 Å². The van der Waals surface area contributed by atoms with E-state index in [0.29, 0.717) is 11.6 Å². The summed E-state index contributed by atoms with van der Waals surface area (Å²) < 4.78 is 140. The predicted molar refractivity (Wildman–Crippen MR) is 187 cm³/mol. The number of anilines is 1. The van der Waals surface area contributed by atoms with Gasteiger partial charge in [-0.2, -0.15) is 4.39 Å². The first-order chi connectivity index (χ1) is 26.7. The molecular formula is C34H29B2F9N4O8. The van der Waals surface area contributed by atoms with Crippen LogP contribution < -0.4 is 31.0 Å². The number of benzene rings is 2. The summed E-state index contributed by atoms with van der Waals surface area (Å²) in [6.45, 7) is 6.10. The zero-order valence-corrected chi connectivity index (χ0v) is 29.9. The van der Waals surface area contributed by atoms with Crippen LogP contribution >= 0.6 is 0 Å². The maximum absolute atomic E-state index is 15.3. The molecule has 2 N–H and O–H groups in total. The van der Waals surface area contributed by atoms with Gasteiger partial charge in [-0.3, -0.25) is 9.59 Å². The lowest BCUT2D eigenvalue weighted by Gasteiger charge is -2.25. The number of carbonyl (C=O) groups is 2. The number of rotatable bonds is 9. The minimum atomic E-state index is -3.48. The van der Waals surface area contributed by atoms with Gasteiger partial charge in [-0.05, 0) is 24.6 Å². The number of hydrogen-bond acceptors (Lipinski definition) is 10. The Morgan fingerprint density at radius 1 is 0.807 bits per heavy atom. The Labute approximate surface area is 315 Å². The van der Waals surface area contributed by atoms with Crippen LogP contribution in [0.2, 0.25) is 0 Å². The summed E-state index contributed by atoms with van der Waals surface area (Å²) in [6.07, 6.45) is -0.847. The standard InChI is InChI=1S/C20H20BF4N3O4.C14H9BF5NO4/c1-9-6-27(8-20(9,2)26)16-13(23)4-10-15(18(16)31-3)28(14-5-12(14)22)7-11(17(10)29)19(30)32-21(24)25;1-24-13-10(18)8(17)2-5-11(13)21(9-3-7(9)16)4-6(12(5)22)14(23)25-15(19)20/h4,7,12,14H,1,5-6,8,26H2,2-3H3;2,4,7,9H,3H2,1H3/t12-,14+,20+;7-,9+/m00/s1. The summed E-state index contributed by atoms with van der Waals surface area (Å²) in [4.78, 5) is 50.6. The molecule has 0 amide bonds. The smallest absolute Gasteiger partial charge is 0.492 e. The van der Waals surface area contributed by atoms with Crippen LogP contribution in [0.4, 0.5) is 44.9 Å². The summed E-state index contributed by atoms with van der Waals surface area (Å²) in [5, 5.41) is -0.835. The van der Waals surface area contributed by atoms with Crippen LogP contribution in [0.1, 0.15) is 52.6 Å². The molecule has 2 aromatic heterocycles. The van der Waals surface area contributed by atoms with Crippen LogP contribution in [0.3, 0.4) is 0 Å². The number of nitrogens with two attached hydrogens (primary N) is 1. The van der Waals surface area contributed by atoms with E-state index in [-0.39, 0.29) is 53.8 Å². The summed E-state index contributed by atoms with van der Waals surface area (Å²) in [7, 11) is -4.66. The van der Waals surface area contributed by atoms with Gasteiger partial charge in [-0.1, -0.05) is 6.58 Å². The number of nitrogens with zero attached hydrogens (tertiary/aromatic N) is 3. The van der Waals surface area contributed by atoms with E-state index >= 15 is 4.39 Å². The van der Waals surface area contributed by atoms with Crippen LogP contribution in [0, 0.1) is 17.5 Å². The summed E-state index contributed by atoms with van der Waals surface area (Å²) in [5.74, 6) is -7.65. The Bertz CT molecular complexity index is 2470. The molecule has 12 nitrogen and oxygen atoms in total. The highest BCUT2D eigenvalue weighted by Gasteiger charge is 2.44. The van der Waals surface area contributed by atoms with Crippen molar-refractivity contribution in [2.24, 2.45) is 5.73 Å². The van der Waals surface area contributed by atoms with E-state index in [1.807, 2.05) is 0 Å². The van der Waals surface area contributed by atoms with Gasteiger partial charge < -0.3 is 38.6 Å². The van der Waals surface area contributed by atoms with Gasteiger partial charge in [0.15, 0.2) is 23.1 Å². The number of alkyl halides is 2. The highest BCUT2D eigenvalue weighted by Crippen LogP contribution is 2.47. The zero-order valence-electron chi connectivity index (χ0n) is 29.9. The lowest BCUT2D eigenvalue weighted by molar-refractivity contribution is 0.0681. The van der Waals surface area contributed by atoms with Gasteiger partial charge in [0.1, 0.15) is 29.2 Å². The average molecular weight is 814 g/mol. The highest BCUT2D eigenvalue weighted by molar-refractivity contribution is 6.38. The Balaban J connectivity index is 0.000000199. The Hall–Kier alpha value is -5.60. The molecular weight excluding hydrogens is 785 g/mol. The largest absolute Gasteiger partial charge is 0.798 e. The minimum Gasteiger partial charge on any atom is -0.492 e. The van der Waals surface area contributed by atoms with Crippen LogP contribution in [0.5, 0.6) is 11.5 Å². The third-order valence-corrected chi connectivity index (χ3v) is 9.71. The van der Waals surface area contributed by atoms with Crippen LogP contribution in [-0.4, -0.2) is 81.2 Å². The van der Waals surface area contributed by atoms with Crippen molar-refractivity contribution in [3.8, 4) is 11.5 Å². The van der Waals surface area contributed by atoms with Gasteiger partial charge in [0, 0.05) is 38.3 Å². The molecule has 1 aliphatic heterocycles. The fraction of sp³-hybridized carbons (Fsp3) is 0.353. The molecule has 0 radical (unpaired) electrons. The van der Waals surface area contributed by atoms with Gasteiger partial charge in [-0.15, -0.1) is 0 Å². The molecule has 2 aromatic carbocycles. The van der Waals surface area contributed by atoms with Gasteiger partial charge >= 0.3 is 26.9 Å². The quantitative estimate of drug-likeness (QED) is 0.135. The molecule has 7 rings (SSSR count). The van der Waals surface area contributed by atoms with Crippen molar-refractivity contribution in [3.63, 3.8) is 0 Å². The second-order valence-corrected chi connectivity index (χ2v) is 13.6. The molecule has 0 unspecified atom stereocenters. The molecule has 302 valence electrons. The average Bonchev–Trinajstić information content (AvgIpc) is 4.02. The molecule has 2 aliphatic carbocycles. The molecule has 5 atom stereocenters. The number of methoxy groups -OCH3 is 2. The molecule has 4 aromatic rings. The van der Waals surface area contributed by atoms with Gasteiger partial charge in [0.05, 0.1) is 53.6 Å². The molecule has 23 heteroatoms. The molecule has 3 heterocycles. The maximum atomic E-state index is 15.3. The Kier molecular flexibility index (Phi) is 10.8. The number of carbonyl (C=O) groups excluding carboxylic acids is 2. The first-order valence-corrected chi connectivity index (χ1v) is 16.8. The third kappa shape index (κ3) is 7.51. The first-order valence-electron chi connectivity index (χ1n) is 16.8. The lowest BCUT2D eigenvalue weighted by atomic mass is 9.99. The number of halogens is 9. The van der Waals surface area contributed by atoms with Crippen molar-refractivity contribution >= 4 is 54.4 Å². The number of hydrogen-bond donors (Lipinski definition) is 1. The molecule has 57 heavy (non-hydrogen) atoms. The second kappa shape index (κ2) is 15.1. The normalized spacial score (nSPS) is 22.2. The molecule has 0 bridgehead atoms. The lowest BCUT2D eigenvalue weighted by Crippen LogP contribution is -2.40. The molecule has 3 fully saturated rings. The van der Waals surface area contributed by atoms with E-state index in [9.17, 15) is 54.0 Å². The van der Waals surface area contributed by atoms with E-state index < -0.39 is 107 Å². The molecule has 0 spiro atoms. The minimum absolute atomic E-state index is 0.00226. The van der Waals surface area contributed by atoms with E-state index in [4.69, 9.17) is 15.2 Å². The number of aromatic nitrogens is 2. The number of fused-ring (bicyclic) bond motifs is 2. The fourth-order valence-corrected chi connectivity index (χ4v) is 6.66. The number of pyridine rings is 2. The number of ether oxygens (including phenoxy) is 2. The summed E-state index contributed by atoms with van der Waals surface area (Å²) >= 11 is 0. The van der Waals surface area contributed by atoms with Gasteiger partial charge in [0.25, 0.3) is 0 Å².